The van der Waals surface area contributed by atoms with Gasteiger partial charge in [-0.05, 0) is 18.6 Å². The third-order valence-corrected chi connectivity index (χ3v) is 5.55. The minimum absolute atomic E-state index is 0.0454. The Balaban J connectivity index is 1.63. The summed E-state index contributed by atoms with van der Waals surface area (Å²) in [5.41, 5.74) is 2.58. The number of carbonyl (C=O) groups is 2. The van der Waals surface area contributed by atoms with Crippen molar-refractivity contribution in [1.29, 1.82) is 5.26 Å². The van der Waals surface area contributed by atoms with Crippen LogP contribution in [0.25, 0.3) is 0 Å². The number of methoxy groups -OCH3 is 1. The molecule has 0 bridgehead atoms. The smallest absolute Gasteiger partial charge is 0.407 e. The average Bonchev–Trinajstić information content (AvgIpc) is 2.81. The molecule has 162 valence electrons. The summed E-state index contributed by atoms with van der Waals surface area (Å²) < 4.78 is 4.72. The SMILES string of the molecule is COC(=O)N[C@H](CC(=O)N1CCN([C@H](C#N)c2cccnc2C)CC1)c1ccccc1. The zero-order valence-electron chi connectivity index (χ0n) is 17.8. The second-order valence-corrected chi connectivity index (χ2v) is 7.43. The molecular formula is C23H27N5O3. The van der Waals surface area contributed by atoms with Gasteiger partial charge in [0.15, 0.2) is 0 Å². The molecule has 0 saturated carbocycles. The first kappa shape index (κ1) is 22.2. The van der Waals surface area contributed by atoms with Crippen LogP contribution in [-0.4, -0.2) is 60.1 Å². The number of pyridine rings is 1. The molecule has 0 unspecified atom stereocenters. The maximum atomic E-state index is 13.0. The highest BCUT2D eigenvalue weighted by Gasteiger charge is 2.29. The van der Waals surface area contributed by atoms with Gasteiger partial charge in [-0.2, -0.15) is 5.26 Å². The van der Waals surface area contributed by atoms with Gasteiger partial charge in [-0.1, -0.05) is 36.4 Å². The molecule has 0 aliphatic carbocycles. The summed E-state index contributed by atoms with van der Waals surface area (Å²) >= 11 is 0. The Morgan fingerprint density at radius 2 is 1.87 bits per heavy atom. The number of hydrogen-bond acceptors (Lipinski definition) is 6. The number of aryl methyl sites for hydroxylation is 1. The zero-order chi connectivity index (χ0) is 22.2. The first-order valence-corrected chi connectivity index (χ1v) is 10.3. The van der Waals surface area contributed by atoms with Gasteiger partial charge >= 0.3 is 6.09 Å². The van der Waals surface area contributed by atoms with Gasteiger partial charge in [0.05, 0.1) is 25.6 Å². The molecular weight excluding hydrogens is 394 g/mol. The molecule has 1 fully saturated rings. The molecule has 1 aromatic carbocycles. The summed E-state index contributed by atoms with van der Waals surface area (Å²) in [4.78, 5) is 32.9. The van der Waals surface area contributed by atoms with Gasteiger partial charge < -0.3 is 15.0 Å². The van der Waals surface area contributed by atoms with Crippen LogP contribution in [0.1, 0.15) is 35.3 Å². The molecule has 31 heavy (non-hydrogen) atoms. The lowest BCUT2D eigenvalue weighted by Crippen LogP contribution is -2.50. The summed E-state index contributed by atoms with van der Waals surface area (Å²) in [6, 6.07) is 14.7. The van der Waals surface area contributed by atoms with Crippen LogP contribution in [0.3, 0.4) is 0 Å². The molecule has 2 amide bonds. The number of nitrogens with zero attached hydrogens (tertiary/aromatic N) is 4. The van der Waals surface area contributed by atoms with Crippen molar-refractivity contribution in [2.75, 3.05) is 33.3 Å². The Morgan fingerprint density at radius 3 is 2.48 bits per heavy atom. The molecule has 2 heterocycles. The Morgan fingerprint density at radius 1 is 1.16 bits per heavy atom. The fraction of sp³-hybridized carbons (Fsp3) is 0.391. The largest absolute Gasteiger partial charge is 0.453 e. The normalized spacial score (nSPS) is 16.1. The van der Waals surface area contributed by atoms with E-state index in [0.29, 0.717) is 26.2 Å². The summed E-state index contributed by atoms with van der Waals surface area (Å²) in [6.07, 6.45) is 1.29. The second kappa shape index (κ2) is 10.5. The highest BCUT2D eigenvalue weighted by molar-refractivity contribution is 5.78. The lowest BCUT2D eigenvalue weighted by molar-refractivity contribution is -0.133. The predicted octanol–water partition coefficient (Wildman–Crippen LogP) is 2.59. The topological polar surface area (TPSA) is 98.6 Å². The van der Waals surface area contributed by atoms with Crippen molar-refractivity contribution in [1.82, 2.24) is 20.1 Å². The van der Waals surface area contributed by atoms with E-state index in [4.69, 9.17) is 4.74 Å². The van der Waals surface area contributed by atoms with Crippen LogP contribution >= 0.6 is 0 Å². The number of carbonyl (C=O) groups excluding carboxylic acids is 2. The van der Waals surface area contributed by atoms with Gasteiger partial charge in [-0.25, -0.2) is 4.79 Å². The molecule has 1 aromatic heterocycles. The third-order valence-electron chi connectivity index (χ3n) is 5.55. The monoisotopic (exact) mass is 421 g/mol. The lowest BCUT2D eigenvalue weighted by Gasteiger charge is -2.37. The number of amides is 2. The highest BCUT2D eigenvalue weighted by atomic mass is 16.5. The van der Waals surface area contributed by atoms with E-state index < -0.39 is 12.1 Å². The van der Waals surface area contributed by atoms with Crippen LogP contribution in [-0.2, 0) is 9.53 Å². The summed E-state index contributed by atoms with van der Waals surface area (Å²) in [6.45, 7) is 4.14. The van der Waals surface area contributed by atoms with Gasteiger partial charge in [0.1, 0.15) is 6.04 Å². The number of benzene rings is 1. The van der Waals surface area contributed by atoms with Gasteiger partial charge in [0.25, 0.3) is 0 Å². The highest BCUT2D eigenvalue weighted by Crippen LogP contribution is 2.24. The van der Waals surface area contributed by atoms with Gasteiger partial charge in [-0.3, -0.25) is 14.7 Å². The molecule has 1 saturated heterocycles. The first-order chi connectivity index (χ1) is 15.0. The number of piperazine rings is 1. The number of aromatic nitrogens is 1. The second-order valence-electron chi connectivity index (χ2n) is 7.43. The van der Waals surface area contributed by atoms with Crippen LogP contribution in [0.5, 0.6) is 0 Å². The molecule has 1 aliphatic heterocycles. The van der Waals surface area contributed by atoms with Crippen LogP contribution in [0.15, 0.2) is 48.7 Å². The fourth-order valence-electron chi connectivity index (χ4n) is 3.81. The van der Waals surface area contributed by atoms with Crippen LogP contribution < -0.4 is 5.32 Å². The molecule has 1 aliphatic rings. The molecule has 2 atom stereocenters. The van der Waals surface area contributed by atoms with Crippen molar-refractivity contribution in [3.63, 3.8) is 0 Å². The molecule has 0 spiro atoms. The molecule has 3 rings (SSSR count). The zero-order valence-corrected chi connectivity index (χ0v) is 17.8. The predicted molar refractivity (Wildman–Crippen MR) is 115 cm³/mol. The maximum absolute atomic E-state index is 13.0. The third kappa shape index (κ3) is 5.58. The van der Waals surface area contributed by atoms with E-state index in [1.807, 2.05) is 49.4 Å². The van der Waals surface area contributed by atoms with Crippen LogP contribution in [0.2, 0.25) is 0 Å². The number of alkyl carbamates (subject to hydrolysis) is 1. The number of rotatable bonds is 6. The quantitative estimate of drug-likeness (QED) is 0.770. The number of ether oxygens (including phenoxy) is 1. The van der Waals surface area contributed by atoms with Crippen molar-refractivity contribution >= 4 is 12.0 Å². The first-order valence-electron chi connectivity index (χ1n) is 10.3. The minimum Gasteiger partial charge on any atom is -0.453 e. The van der Waals surface area contributed by atoms with Gasteiger partial charge in [-0.15, -0.1) is 0 Å². The van der Waals surface area contributed by atoms with Crippen LogP contribution in [0, 0.1) is 18.3 Å². The van der Waals surface area contributed by atoms with Crippen molar-refractivity contribution in [3.8, 4) is 6.07 Å². The number of nitriles is 1. The van der Waals surface area contributed by atoms with Gasteiger partial charge in [0.2, 0.25) is 5.91 Å². The molecule has 8 nitrogen and oxygen atoms in total. The summed E-state index contributed by atoms with van der Waals surface area (Å²) in [5, 5.41) is 12.5. The van der Waals surface area contributed by atoms with E-state index in [0.717, 1.165) is 16.8 Å². The Bertz CT molecular complexity index is 936. The Kier molecular flexibility index (Phi) is 7.57. The van der Waals surface area contributed by atoms with E-state index >= 15 is 0 Å². The van der Waals surface area contributed by atoms with E-state index in [1.165, 1.54) is 7.11 Å². The minimum atomic E-state index is -0.574. The van der Waals surface area contributed by atoms with Crippen molar-refractivity contribution in [3.05, 3.63) is 65.5 Å². The Hall–Kier alpha value is -3.44. The van der Waals surface area contributed by atoms with Crippen molar-refractivity contribution in [2.24, 2.45) is 0 Å². The molecule has 0 radical (unpaired) electrons. The summed E-state index contributed by atoms with van der Waals surface area (Å²) in [5.74, 6) is -0.0454. The fourth-order valence-corrected chi connectivity index (χ4v) is 3.81. The van der Waals surface area contributed by atoms with Crippen molar-refractivity contribution in [2.45, 2.75) is 25.4 Å². The van der Waals surface area contributed by atoms with Gasteiger partial charge in [0, 0.05) is 43.6 Å². The van der Waals surface area contributed by atoms with E-state index in [-0.39, 0.29) is 18.4 Å². The summed E-state index contributed by atoms with van der Waals surface area (Å²) in [7, 11) is 1.30. The Labute approximate surface area is 182 Å². The standard InChI is InChI=1S/C23H27N5O3/c1-17-19(9-6-10-25-17)21(16-24)27-11-13-28(14-12-27)22(29)15-20(26-23(30)31-2)18-7-4-3-5-8-18/h3-10,20-21H,11-15H2,1-2H3,(H,26,30)/t20-,21-/m1/s1. The van der Waals surface area contributed by atoms with Crippen molar-refractivity contribution < 1.29 is 14.3 Å². The van der Waals surface area contributed by atoms with Crippen LogP contribution in [0.4, 0.5) is 4.79 Å². The van der Waals surface area contributed by atoms with E-state index in [9.17, 15) is 14.9 Å². The number of nitrogens with one attached hydrogen (secondary N) is 1. The average molecular weight is 422 g/mol. The van der Waals surface area contributed by atoms with E-state index in [1.54, 1.807) is 11.1 Å². The number of hydrogen-bond donors (Lipinski definition) is 1. The molecule has 1 N–H and O–H groups in total. The maximum Gasteiger partial charge on any atom is 0.407 e. The molecule has 2 aromatic rings. The molecule has 8 heteroatoms. The van der Waals surface area contributed by atoms with E-state index in [2.05, 4.69) is 21.3 Å². The lowest BCUT2D eigenvalue weighted by atomic mass is 10.0.